The summed E-state index contributed by atoms with van der Waals surface area (Å²) in [6.45, 7) is 3.08. The number of nitrogens with zero attached hydrogens (tertiary/aromatic N) is 2. The number of likely N-dealkylation sites (tertiary alicyclic amines) is 1. The van der Waals surface area contributed by atoms with Crippen LogP contribution in [0.5, 0.6) is 5.75 Å². The second-order valence-corrected chi connectivity index (χ2v) is 6.28. The average molecular weight is 322 g/mol. The Bertz CT molecular complexity index is 529. The number of piperidine rings is 1. The molecule has 0 saturated carbocycles. The number of morpholine rings is 1. The Morgan fingerprint density at radius 2 is 1.96 bits per heavy atom. The molecule has 5 nitrogen and oxygen atoms in total. The molecule has 0 aliphatic carbocycles. The van der Waals surface area contributed by atoms with Gasteiger partial charge in [-0.25, -0.2) is 4.39 Å². The summed E-state index contributed by atoms with van der Waals surface area (Å²) in [5.41, 5.74) is 0. The van der Waals surface area contributed by atoms with Crippen LogP contribution < -0.4 is 4.74 Å². The van der Waals surface area contributed by atoms with Crippen molar-refractivity contribution < 1.29 is 18.7 Å². The van der Waals surface area contributed by atoms with E-state index in [1.165, 1.54) is 12.1 Å². The summed E-state index contributed by atoms with van der Waals surface area (Å²) in [5.74, 6) is 0.389. The highest BCUT2D eigenvalue weighted by atomic mass is 19.1. The van der Waals surface area contributed by atoms with Crippen LogP contribution in [0, 0.1) is 5.82 Å². The summed E-state index contributed by atoms with van der Waals surface area (Å²) < 4.78 is 24.1. The van der Waals surface area contributed by atoms with Crippen LogP contribution >= 0.6 is 0 Å². The normalized spacial score (nSPS) is 24.0. The van der Waals surface area contributed by atoms with Crippen molar-refractivity contribution in [1.82, 2.24) is 9.80 Å². The van der Waals surface area contributed by atoms with E-state index in [9.17, 15) is 9.18 Å². The van der Waals surface area contributed by atoms with E-state index in [-0.39, 0.29) is 24.4 Å². The molecule has 2 fully saturated rings. The van der Waals surface area contributed by atoms with Gasteiger partial charge in [-0.05, 0) is 57.2 Å². The molecule has 2 aliphatic rings. The molecule has 1 atom stereocenters. The molecule has 2 heterocycles. The summed E-state index contributed by atoms with van der Waals surface area (Å²) in [6, 6.07) is 6.23. The lowest BCUT2D eigenvalue weighted by atomic mass is 10.0. The van der Waals surface area contributed by atoms with Gasteiger partial charge >= 0.3 is 0 Å². The molecule has 3 rings (SSSR count). The minimum absolute atomic E-state index is 0.0672. The maximum Gasteiger partial charge on any atom is 0.248 e. The molecule has 2 aliphatic heterocycles. The van der Waals surface area contributed by atoms with Crippen molar-refractivity contribution in [3.8, 4) is 5.75 Å². The number of benzene rings is 1. The Hall–Kier alpha value is -1.66. The molecule has 0 bridgehead atoms. The first-order chi connectivity index (χ1) is 11.1. The smallest absolute Gasteiger partial charge is 0.248 e. The molecule has 0 radical (unpaired) electrons. The molecular formula is C17H23FN2O3. The first-order valence-electron chi connectivity index (χ1n) is 8.10. The number of hydrogen-bond donors (Lipinski definition) is 0. The van der Waals surface area contributed by atoms with Crippen LogP contribution in [0.25, 0.3) is 0 Å². The molecule has 0 N–H and O–H groups in total. The van der Waals surface area contributed by atoms with E-state index in [1.54, 1.807) is 12.1 Å². The van der Waals surface area contributed by atoms with E-state index >= 15 is 0 Å². The number of halogens is 1. The standard InChI is InChI=1S/C17H23FN2O3/c1-19-8-6-14(7-9-19)20-10-16(23-12-17(20)21)11-22-15-4-2-13(18)3-5-15/h2-5,14,16H,6-12H2,1H3/t16-/m1/s1. The lowest BCUT2D eigenvalue weighted by molar-refractivity contribution is -0.155. The number of carbonyl (C=O) groups is 1. The van der Waals surface area contributed by atoms with Crippen molar-refractivity contribution in [3.05, 3.63) is 30.1 Å². The van der Waals surface area contributed by atoms with E-state index in [2.05, 4.69) is 11.9 Å². The van der Waals surface area contributed by atoms with Gasteiger partial charge in [0.25, 0.3) is 0 Å². The molecule has 1 amide bonds. The second-order valence-electron chi connectivity index (χ2n) is 6.28. The zero-order valence-corrected chi connectivity index (χ0v) is 13.4. The van der Waals surface area contributed by atoms with Crippen LogP contribution in [0.2, 0.25) is 0 Å². The molecule has 2 saturated heterocycles. The Morgan fingerprint density at radius 1 is 1.26 bits per heavy atom. The molecule has 126 valence electrons. The average Bonchev–Trinajstić information content (AvgIpc) is 2.56. The van der Waals surface area contributed by atoms with Gasteiger partial charge < -0.3 is 19.3 Å². The number of amides is 1. The topological polar surface area (TPSA) is 42.0 Å². The van der Waals surface area contributed by atoms with Gasteiger partial charge in [-0.1, -0.05) is 0 Å². The Labute approximate surface area is 136 Å². The zero-order valence-electron chi connectivity index (χ0n) is 13.4. The maximum atomic E-state index is 12.9. The highest BCUT2D eigenvalue weighted by Gasteiger charge is 2.33. The van der Waals surface area contributed by atoms with E-state index in [1.807, 2.05) is 4.90 Å². The number of rotatable bonds is 4. The fraction of sp³-hybridized carbons (Fsp3) is 0.588. The van der Waals surface area contributed by atoms with Crippen LogP contribution in [0.1, 0.15) is 12.8 Å². The van der Waals surface area contributed by atoms with Crippen LogP contribution in [0.4, 0.5) is 4.39 Å². The predicted octanol–water partition coefficient (Wildman–Crippen LogP) is 1.53. The summed E-state index contributed by atoms with van der Waals surface area (Å²) in [6.07, 6.45) is 1.87. The third-order valence-corrected chi connectivity index (χ3v) is 4.54. The third-order valence-electron chi connectivity index (χ3n) is 4.54. The maximum absolute atomic E-state index is 12.9. The fourth-order valence-electron chi connectivity index (χ4n) is 3.13. The van der Waals surface area contributed by atoms with E-state index in [4.69, 9.17) is 9.47 Å². The van der Waals surface area contributed by atoms with Gasteiger partial charge in [0, 0.05) is 6.04 Å². The summed E-state index contributed by atoms with van der Waals surface area (Å²) >= 11 is 0. The molecule has 0 spiro atoms. The molecular weight excluding hydrogens is 299 g/mol. The van der Waals surface area contributed by atoms with Crippen LogP contribution in [-0.4, -0.2) is 67.7 Å². The minimum Gasteiger partial charge on any atom is -0.491 e. The van der Waals surface area contributed by atoms with Crippen LogP contribution in [0.3, 0.4) is 0 Å². The zero-order chi connectivity index (χ0) is 16.2. The van der Waals surface area contributed by atoms with Crippen molar-refractivity contribution in [2.45, 2.75) is 25.0 Å². The van der Waals surface area contributed by atoms with Gasteiger partial charge in [-0.3, -0.25) is 4.79 Å². The highest BCUT2D eigenvalue weighted by Crippen LogP contribution is 2.20. The monoisotopic (exact) mass is 322 g/mol. The van der Waals surface area contributed by atoms with E-state index < -0.39 is 0 Å². The van der Waals surface area contributed by atoms with Crippen molar-refractivity contribution in [2.75, 3.05) is 39.9 Å². The largest absolute Gasteiger partial charge is 0.491 e. The van der Waals surface area contributed by atoms with Crippen LogP contribution in [0.15, 0.2) is 24.3 Å². The lowest BCUT2D eigenvalue weighted by Gasteiger charge is -2.41. The van der Waals surface area contributed by atoms with Crippen LogP contribution in [-0.2, 0) is 9.53 Å². The van der Waals surface area contributed by atoms with Gasteiger partial charge in [0.05, 0.1) is 6.54 Å². The quantitative estimate of drug-likeness (QED) is 0.843. The first kappa shape index (κ1) is 16.2. The molecule has 6 heteroatoms. The van der Waals surface area contributed by atoms with E-state index in [0.29, 0.717) is 24.9 Å². The van der Waals surface area contributed by atoms with Gasteiger partial charge in [0.15, 0.2) is 0 Å². The number of ether oxygens (including phenoxy) is 2. The number of hydrogen-bond acceptors (Lipinski definition) is 4. The SMILES string of the molecule is CN1CCC(N2C[C@H](COc3ccc(F)cc3)OCC2=O)CC1. The highest BCUT2D eigenvalue weighted by molar-refractivity contribution is 5.78. The molecule has 23 heavy (non-hydrogen) atoms. The van der Waals surface area contributed by atoms with Crippen molar-refractivity contribution in [2.24, 2.45) is 0 Å². The Kier molecular flexibility index (Phi) is 5.13. The minimum atomic E-state index is -0.287. The van der Waals surface area contributed by atoms with Gasteiger partial charge in [0.1, 0.15) is 30.9 Å². The molecule has 0 aromatic heterocycles. The molecule has 0 unspecified atom stereocenters. The number of carbonyl (C=O) groups excluding carboxylic acids is 1. The lowest BCUT2D eigenvalue weighted by Crippen LogP contribution is -2.55. The Morgan fingerprint density at radius 3 is 2.65 bits per heavy atom. The summed E-state index contributed by atoms with van der Waals surface area (Å²) in [5, 5.41) is 0. The van der Waals surface area contributed by atoms with Crippen molar-refractivity contribution in [1.29, 1.82) is 0 Å². The fourth-order valence-corrected chi connectivity index (χ4v) is 3.13. The second kappa shape index (κ2) is 7.27. The van der Waals surface area contributed by atoms with Crippen molar-refractivity contribution >= 4 is 5.91 Å². The van der Waals surface area contributed by atoms with Crippen molar-refractivity contribution in [3.63, 3.8) is 0 Å². The first-order valence-corrected chi connectivity index (χ1v) is 8.10. The predicted molar refractivity (Wildman–Crippen MR) is 83.9 cm³/mol. The third kappa shape index (κ3) is 4.20. The Balaban J connectivity index is 1.53. The van der Waals surface area contributed by atoms with E-state index in [0.717, 1.165) is 25.9 Å². The van der Waals surface area contributed by atoms with Gasteiger partial charge in [-0.15, -0.1) is 0 Å². The van der Waals surface area contributed by atoms with Gasteiger partial charge in [0.2, 0.25) is 5.91 Å². The summed E-state index contributed by atoms with van der Waals surface area (Å²) in [4.78, 5) is 16.4. The molecule has 1 aromatic rings. The molecule has 1 aromatic carbocycles. The summed E-state index contributed by atoms with van der Waals surface area (Å²) in [7, 11) is 2.11. The van der Waals surface area contributed by atoms with Gasteiger partial charge in [-0.2, -0.15) is 0 Å².